The number of rotatable bonds is 2. The van der Waals surface area contributed by atoms with Gasteiger partial charge in [0, 0.05) is 0 Å². The van der Waals surface area contributed by atoms with Crippen LogP contribution in [0, 0.1) is 0 Å². The molecule has 1 aromatic heterocycles. The van der Waals surface area contributed by atoms with E-state index in [4.69, 9.17) is 0 Å². The maximum absolute atomic E-state index is 12.2. The number of aromatic nitrogens is 2. The summed E-state index contributed by atoms with van der Waals surface area (Å²) in [6.45, 7) is -1.32. The van der Waals surface area contributed by atoms with Crippen molar-refractivity contribution in [2.75, 3.05) is 0 Å². The first-order valence-electron chi connectivity index (χ1n) is 4.75. The molecule has 0 spiro atoms. The minimum absolute atomic E-state index is 0.498. The summed E-state index contributed by atoms with van der Waals surface area (Å²) < 4.78 is 37.7. The van der Waals surface area contributed by atoms with Crippen molar-refractivity contribution in [2.24, 2.45) is 0 Å². The zero-order valence-corrected chi connectivity index (χ0v) is 12.2. The quantitative estimate of drug-likeness (QED) is 0.762. The Balaban J connectivity index is 3.15. The predicted molar refractivity (Wildman–Crippen MR) is 57.5 cm³/mol. The van der Waals surface area contributed by atoms with E-state index >= 15 is 0 Å². The molecule has 1 heterocycles. The van der Waals surface area contributed by atoms with Crippen molar-refractivity contribution in [1.29, 1.82) is 0 Å². The number of alkyl halides is 3. The molecule has 0 bridgehead atoms. The Labute approximate surface area is 95.1 Å². The van der Waals surface area contributed by atoms with Gasteiger partial charge in [0.25, 0.3) is 0 Å². The average Bonchev–Trinajstić information content (AvgIpc) is 2.04. The minimum atomic E-state index is -4.41. The predicted octanol–water partition coefficient (Wildman–Crippen LogP) is 1.35. The van der Waals surface area contributed by atoms with Gasteiger partial charge in [-0.2, -0.15) is 0 Å². The first-order chi connectivity index (χ1) is 7.09. The molecule has 0 aliphatic rings. The summed E-state index contributed by atoms with van der Waals surface area (Å²) in [6, 6.07) is 2.71. The van der Waals surface area contributed by atoms with E-state index < -0.39 is 36.7 Å². The molecule has 0 amide bonds. The maximum atomic E-state index is 12.2. The summed E-state index contributed by atoms with van der Waals surface area (Å²) in [5.74, 6) is 0. The van der Waals surface area contributed by atoms with E-state index in [-0.39, 0.29) is 0 Å². The zero-order chi connectivity index (χ0) is 12.6. The summed E-state index contributed by atoms with van der Waals surface area (Å²) >= 11 is -2.52. The molecule has 16 heavy (non-hydrogen) atoms. The van der Waals surface area contributed by atoms with Gasteiger partial charge in [-0.15, -0.1) is 0 Å². The van der Waals surface area contributed by atoms with Crippen molar-refractivity contribution >= 4 is 22.1 Å². The van der Waals surface area contributed by atoms with E-state index in [0.717, 1.165) is 6.07 Å². The zero-order valence-electron chi connectivity index (χ0n) is 9.30. The van der Waals surface area contributed by atoms with Gasteiger partial charge >= 0.3 is 95.1 Å². The van der Waals surface area contributed by atoms with E-state index in [0.29, 0.717) is 8.39 Å². The summed E-state index contributed by atoms with van der Waals surface area (Å²) in [4.78, 5) is 17.3. The molecule has 0 fully saturated rings. The van der Waals surface area contributed by atoms with E-state index in [1.54, 1.807) is 6.07 Å². The van der Waals surface area contributed by atoms with E-state index in [1.165, 1.54) is 0 Å². The molecule has 0 saturated carbocycles. The molecule has 1 aromatic rings. The fraction of sp³-hybridized carbons (Fsp3) is 0.556. The van der Waals surface area contributed by atoms with Crippen molar-refractivity contribution in [3.05, 3.63) is 22.5 Å². The van der Waals surface area contributed by atoms with Crippen LogP contribution in [0.5, 0.6) is 0 Å². The van der Waals surface area contributed by atoms with Crippen LogP contribution < -0.4 is 9.27 Å². The van der Waals surface area contributed by atoms with Crippen LogP contribution in [0.2, 0.25) is 14.8 Å². The number of hydrogen-bond donors (Lipinski definition) is 0. The van der Waals surface area contributed by atoms with Crippen LogP contribution in [0.1, 0.15) is 0 Å². The third-order valence-corrected chi connectivity index (χ3v) is 7.11. The molecule has 3 nitrogen and oxygen atoms in total. The van der Waals surface area contributed by atoms with Gasteiger partial charge in [0.15, 0.2) is 0 Å². The van der Waals surface area contributed by atoms with Crippen LogP contribution in [0.25, 0.3) is 0 Å². The normalized spacial score (nSPS) is 12.9. The summed E-state index contributed by atoms with van der Waals surface area (Å²) in [5, 5.41) is 3.81. The molecule has 0 atom stereocenters. The van der Waals surface area contributed by atoms with Crippen LogP contribution in [0.15, 0.2) is 16.9 Å². The van der Waals surface area contributed by atoms with E-state index in [2.05, 4.69) is 5.10 Å². The fourth-order valence-electron chi connectivity index (χ4n) is 1.13. The second-order valence-electron chi connectivity index (χ2n) is 4.58. The van der Waals surface area contributed by atoms with Crippen LogP contribution in [0.4, 0.5) is 13.2 Å². The van der Waals surface area contributed by atoms with Crippen molar-refractivity contribution in [1.82, 2.24) is 9.78 Å². The third-order valence-electron chi connectivity index (χ3n) is 1.96. The Morgan fingerprint density at radius 1 is 1.31 bits per heavy atom. The van der Waals surface area contributed by atoms with Gasteiger partial charge in [0.05, 0.1) is 0 Å². The number of nitrogens with zero attached hydrogens (tertiary/aromatic N) is 2. The van der Waals surface area contributed by atoms with Gasteiger partial charge in [-0.3, -0.25) is 0 Å². The molecule has 0 unspecified atom stereocenters. The van der Waals surface area contributed by atoms with Gasteiger partial charge in [0.1, 0.15) is 0 Å². The molecule has 0 aliphatic heterocycles. The molecule has 0 N–H and O–H groups in total. The van der Waals surface area contributed by atoms with E-state index in [1.807, 2.05) is 14.8 Å². The Morgan fingerprint density at radius 3 is 2.31 bits per heavy atom. The van der Waals surface area contributed by atoms with Gasteiger partial charge < -0.3 is 0 Å². The Hall–Kier alpha value is -0.531. The Bertz CT molecular complexity index is 434. The van der Waals surface area contributed by atoms with Crippen molar-refractivity contribution in [2.45, 2.75) is 27.5 Å². The van der Waals surface area contributed by atoms with E-state index in [9.17, 15) is 18.0 Å². The van der Waals surface area contributed by atoms with Crippen LogP contribution in [0.3, 0.4) is 0 Å². The monoisotopic (exact) mass is 342 g/mol. The topological polar surface area (TPSA) is 34.9 Å². The van der Waals surface area contributed by atoms with Gasteiger partial charge in [0.2, 0.25) is 0 Å². The number of hydrogen-bond acceptors (Lipinski definition) is 2. The van der Waals surface area contributed by atoms with Crippen molar-refractivity contribution < 1.29 is 13.2 Å². The summed E-state index contributed by atoms with van der Waals surface area (Å²) in [6.07, 6.45) is -4.41. The molecule has 7 heteroatoms. The van der Waals surface area contributed by atoms with Gasteiger partial charge in [-0.05, 0) is 0 Å². The molecule has 90 valence electrons. The standard InChI is InChI=1S/C6H4F3N2O.3CH3.Sn/c7-6(8,9)4-11-5(12)2-1-3-10-11;;;;/h1-2H,4H2;3*1H3;. The van der Waals surface area contributed by atoms with Crippen LogP contribution in [-0.2, 0) is 6.54 Å². The second-order valence-corrected chi connectivity index (χ2v) is 18.9. The average molecular weight is 341 g/mol. The van der Waals surface area contributed by atoms with Gasteiger partial charge in [-0.25, -0.2) is 0 Å². The van der Waals surface area contributed by atoms with Crippen LogP contribution in [-0.4, -0.2) is 34.3 Å². The molecule has 0 aliphatic carbocycles. The fourth-order valence-corrected chi connectivity index (χ4v) is 4.00. The number of halogens is 3. The molecule has 0 radical (unpaired) electrons. The molecule has 0 aromatic carbocycles. The second kappa shape index (κ2) is 4.38. The van der Waals surface area contributed by atoms with Crippen LogP contribution >= 0.6 is 0 Å². The van der Waals surface area contributed by atoms with Gasteiger partial charge in [-0.1, -0.05) is 0 Å². The SMILES string of the molecule is [CH3][Sn]([CH3])([CH3])[c]1ccc(=O)n(CC(F)(F)F)n1. The first kappa shape index (κ1) is 13.5. The summed E-state index contributed by atoms with van der Waals surface area (Å²) in [7, 11) is 0. The first-order valence-corrected chi connectivity index (χ1v) is 14.7. The molecular formula is C9H13F3N2OSn. The van der Waals surface area contributed by atoms with Crippen molar-refractivity contribution in [3.8, 4) is 0 Å². The molecular weight excluding hydrogens is 328 g/mol. The van der Waals surface area contributed by atoms with Crippen molar-refractivity contribution in [3.63, 3.8) is 0 Å². The molecule has 1 rings (SSSR count). The third kappa shape index (κ3) is 3.80. The Morgan fingerprint density at radius 2 is 1.88 bits per heavy atom. The summed E-state index contributed by atoms with van der Waals surface area (Å²) in [5.41, 5.74) is -0.711. The Kier molecular flexibility index (Phi) is 3.71. The molecule has 0 saturated heterocycles.